The van der Waals surface area contributed by atoms with Crippen LogP contribution in [0.3, 0.4) is 0 Å². The molecule has 2 saturated heterocycles. The van der Waals surface area contributed by atoms with Crippen LogP contribution < -0.4 is 5.32 Å². The van der Waals surface area contributed by atoms with Crippen LogP contribution in [0.1, 0.15) is 38.8 Å². The van der Waals surface area contributed by atoms with Crippen molar-refractivity contribution >= 4 is 21.8 Å². The van der Waals surface area contributed by atoms with Crippen LogP contribution in [-0.4, -0.2) is 105 Å². The molecular weight excluding hydrogens is 456 g/mol. The number of carbonyl (C=O) groups is 2. The maximum atomic E-state index is 13.1. The van der Waals surface area contributed by atoms with Gasteiger partial charge in [-0.15, -0.1) is 0 Å². The van der Waals surface area contributed by atoms with E-state index in [0.717, 1.165) is 31.6 Å². The van der Waals surface area contributed by atoms with Crippen LogP contribution in [0.5, 0.6) is 0 Å². The number of ether oxygens (including phenoxy) is 1. The second kappa shape index (κ2) is 11.5. The molecule has 1 aromatic carbocycles. The van der Waals surface area contributed by atoms with E-state index in [1.165, 1.54) is 0 Å². The molecule has 3 rings (SSSR count). The van der Waals surface area contributed by atoms with Gasteiger partial charge in [-0.05, 0) is 39.3 Å². The summed E-state index contributed by atoms with van der Waals surface area (Å²) in [6, 6.07) is 9.03. The summed E-state index contributed by atoms with van der Waals surface area (Å²) in [5.74, 6) is 0.0675. The molecule has 2 aliphatic heterocycles. The number of hydrogen-bond donors (Lipinski definition) is 1. The van der Waals surface area contributed by atoms with Gasteiger partial charge in [0, 0.05) is 45.8 Å². The quantitative estimate of drug-likeness (QED) is 0.574. The number of sulfone groups is 1. The second-order valence-corrected chi connectivity index (χ2v) is 12.3. The van der Waals surface area contributed by atoms with E-state index in [-0.39, 0.29) is 23.5 Å². The summed E-state index contributed by atoms with van der Waals surface area (Å²) < 4.78 is 29.1. The van der Waals surface area contributed by atoms with Crippen LogP contribution in [0.15, 0.2) is 30.3 Å². The van der Waals surface area contributed by atoms with Gasteiger partial charge in [0.05, 0.1) is 11.5 Å². The summed E-state index contributed by atoms with van der Waals surface area (Å²) in [6.45, 7) is 10.5. The molecule has 2 fully saturated rings. The van der Waals surface area contributed by atoms with Gasteiger partial charge in [0.2, 0.25) is 5.91 Å². The van der Waals surface area contributed by atoms with Gasteiger partial charge in [-0.2, -0.15) is 0 Å². The van der Waals surface area contributed by atoms with Crippen molar-refractivity contribution in [2.75, 3.05) is 63.9 Å². The maximum absolute atomic E-state index is 13.1. The standard InChI is InChI=1S/C24H38N4O5S/c1-24(2,3)33-23(30)28-14-12-26(13-15-28)11-7-10-25-22(29)21(20-8-5-4-6-9-20)27-16-18-34(31,32)19-17-27/h4-6,8-9,21H,7,10-19H2,1-3H3,(H,25,29). The summed E-state index contributed by atoms with van der Waals surface area (Å²) in [5.41, 5.74) is 0.379. The molecule has 1 aromatic rings. The minimum atomic E-state index is -3.02. The van der Waals surface area contributed by atoms with Crippen LogP contribution >= 0.6 is 0 Å². The highest BCUT2D eigenvalue weighted by atomic mass is 32.2. The molecule has 190 valence electrons. The van der Waals surface area contributed by atoms with Crippen molar-refractivity contribution in [1.82, 2.24) is 20.0 Å². The molecule has 1 N–H and O–H groups in total. The third kappa shape index (κ3) is 7.95. The fourth-order valence-corrected chi connectivity index (χ4v) is 5.47. The molecule has 2 aliphatic rings. The number of benzene rings is 1. The maximum Gasteiger partial charge on any atom is 0.410 e. The first-order valence-corrected chi connectivity index (χ1v) is 13.8. The van der Waals surface area contributed by atoms with Crippen LogP contribution in [0, 0.1) is 0 Å². The van der Waals surface area contributed by atoms with E-state index in [0.29, 0.717) is 32.7 Å². The lowest BCUT2D eigenvalue weighted by molar-refractivity contribution is -0.126. The molecule has 1 unspecified atom stereocenters. The van der Waals surface area contributed by atoms with Gasteiger partial charge >= 0.3 is 6.09 Å². The van der Waals surface area contributed by atoms with E-state index in [1.54, 1.807) is 4.90 Å². The Hall–Kier alpha value is -2.17. The molecule has 9 nitrogen and oxygen atoms in total. The van der Waals surface area contributed by atoms with Crippen LogP contribution in [0.25, 0.3) is 0 Å². The Labute approximate surface area is 203 Å². The van der Waals surface area contributed by atoms with E-state index in [2.05, 4.69) is 10.2 Å². The van der Waals surface area contributed by atoms with Gasteiger partial charge in [0.25, 0.3) is 0 Å². The lowest BCUT2D eigenvalue weighted by Crippen LogP contribution is -2.50. The van der Waals surface area contributed by atoms with Gasteiger partial charge in [-0.25, -0.2) is 13.2 Å². The van der Waals surface area contributed by atoms with Crippen LogP contribution in [0.2, 0.25) is 0 Å². The fourth-order valence-electron chi connectivity index (χ4n) is 4.24. The second-order valence-electron chi connectivity index (χ2n) is 9.95. The lowest BCUT2D eigenvalue weighted by atomic mass is 10.0. The third-order valence-corrected chi connectivity index (χ3v) is 7.69. The van der Waals surface area contributed by atoms with E-state index in [9.17, 15) is 18.0 Å². The molecule has 1 atom stereocenters. The summed E-state index contributed by atoms with van der Waals surface area (Å²) in [7, 11) is -3.02. The van der Waals surface area contributed by atoms with Crippen LogP contribution in [0.4, 0.5) is 4.79 Å². The number of nitrogens with one attached hydrogen (secondary N) is 1. The van der Waals surface area contributed by atoms with E-state index in [1.807, 2.05) is 56.0 Å². The molecule has 0 radical (unpaired) electrons. The third-order valence-electron chi connectivity index (χ3n) is 6.08. The monoisotopic (exact) mass is 494 g/mol. The molecule has 10 heteroatoms. The van der Waals surface area contributed by atoms with E-state index >= 15 is 0 Å². The van der Waals surface area contributed by atoms with Gasteiger partial charge in [-0.1, -0.05) is 30.3 Å². The first-order valence-electron chi connectivity index (χ1n) is 12.0. The highest BCUT2D eigenvalue weighted by Gasteiger charge is 2.32. The number of amides is 2. The first kappa shape index (κ1) is 26.4. The summed E-state index contributed by atoms with van der Waals surface area (Å²) >= 11 is 0. The Morgan fingerprint density at radius 1 is 1.00 bits per heavy atom. The fraction of sp³-hybridized carbons (Fsp3) is 0.667. The Balaban J connectivity index is 1.44. The number of piperazine rings is 1. The Morgan fingerprint density at radius 3 is 2.21 bits per heavy atom. The topological polar surface area (TPSA) is 99.3 Å². The number of carbonyl (C=O) groups excluding carboxylic acids is 2. The molecule has 2 amide bonds. The van der Waals surface area contributed by atoms with Gasteiger partial charge in [0.15, 0.2) is 9.84 Å². The van der Waals surface area contributed by atoms with Crippen molar-refractivity contribution in [3.63, 3.8) is 0 Å². The molecule has 0 aliphatic carbocycles. The molecule has 34 heavy (non-hydrogen) atoms. The van der Waals surface area contributed by atoms with Crippen LogP contribution in [-0.2, 0) is 19.4 Å². The van der Waals surface area contributed by atoms with Crippen molar-refractivity contribution in [3.05, 3.63) is 35.9 Å². The Kier molecular flexibility index (Phi) is 8.95. The number of nitrogens with zero attached hydrogens (tertiary/aromatic N) is 3. The van der Waals surface area contributed by atoms with Crippen molar-refractivity contribution in [2.24, 2.45) is 0 Å². The SMILES string of the molecule is CC(C)(C)OC(=O)N1CCN(CCCNC(=O)C(c2ccccc2)N2CCS(=O)(=O)CC2)CC1. The summed E-state index contributed by atoms with van der Waals surface area (Å²) in [6.07, 6.45) is 0.533. The summed E-state index contributed by atoms with van der Waals surface area (Å²) in [5, 5.41) is 3.05. The smallest absolute Gasteiger partial charge is 0.410 e. The minimum absolute atomic E-state index is 0.0822. The van der Waals surface area contributed by atoms with Crippen molar-refractivity contribution < 1.29 is 22.7 Å². The molecule has 0 spiro atoms. The number of hydrogen-bond acceptors (Lipinski definition) is 7. The highest BCUT2D eigenvalue weighted by molar-refractivity contribution is 7.91. The minimum Gasteiger partial charge on any atom is -0.444 e. The molecule has 0 bridgehead atoms. The van der Waals surface area contributed by atoms with Gasteiger partial charge in [-0.3, -0.25) is 14.6 Å². The molecule has 0 saturated carbocycles. The van der Waals surface area contributed by atoms with Gasteiger partial charge in [0.1, 0.15) is 11.6 Å². The normalized spacial score (nSPS) is 20.5. The molecule has 2 heterocycles. The Morgan fingerprint density at radius 2 is 1.62 bits per heavy atom. The molecular formula is C24H38N4O5S. The predicted molar refractivity (Wildman–Crippen MR) is 131 cm³/mol. The summed E-state index contributed by atoms with van der Waals surface area (Å²) in [4.78, 5) is 31.3. The van der Waals surface area contributed by atoms with Crippen molar-refractivity contribution in [3.8, 4) is 0 Å². The average molecular weight is 495 g/mol. The Bertz CT molecular complexity index is 910. The van der Waals surface area contributed by atoms with E-state index < -0.39 is 21.5 Å². The van der Waals surface area contributed by atoms with Crippen molar-refractivity contribution in [1.29, 1.82) is 0 Å². The molecule has 0 aromatic heterocycles. The lowest BCUT2D eigenvalue weighted by Gasteiger charge is -2.35. The van der Waals surface area contributed by atoms with Crippen molar-refractivity contribution in [2.45, 2.75) is 38.8 Å². The first-order chi connectivity index (χ1) is 16.0. The van der Waals surface area contributed by atoms with Gasteiger partial charge < -0.3 is 15.0 Å². The zero-order valence-electron chi connectivity index (χ0n) is 20.5. The largest absolute Gasteiger partial charge is 0.444 e. The predicted octanol–water partition coefficient (Wildman–Crippen LogP) is 1.52. The van der Waals surface area contributed by atoms with E-state index in [4.69, 9.17) is 4.74 Å². The highest BCUT2D eigenvalue weighted by Crippen LogP contribution is 2.23. The number of rotatable bonds is 7. The average Bonchev–Trinajstić information content (AvgIpc) is 2.78. The zero-order valence-corrected chi connectivity index (χ0v) is 21.3. The zero-order chi connectivity index (χ0) is 24.8.